The summed E-state index contributed by atoms with van der Waals surface area (Å²) in [4.78, 5) is 13.6. The van der Waals surface area contributed by atoms with Crippen molar-refractivity contribution in [3.8, 4) is 0 Å². The van der Waals surface area contributed by atoms with Crippen LogP contribution in [0.25, 0.3) is 0 Å². The van der Waals surface area contributed by atoms with Crippen molar-refractivity contribution >= 4 is 5.91 Å². The zero-order valence-corrected chi connectivity index (χ0v) is 13.6. The molecule has 1 heterocycles. The van der Waals surface area contributed by atoms with Gasteiger partial charge in [-0.3, -0.25) is 4.79 Å². The van der Waals surface area contributed by atoms with E-state index in [4.69, 9.17) is 4.74 Å². The van der Waals surface area contributed by atoms with Gasteiger partial charge in [0, 0.05) is 12.1 Å². The van der Waals surface area contributed by atoms with E-state index in [1.54, 1.807) is 12.1 Å². The van der Waals surface area contributed by atoms with E-state index in [0.717, 1.165) is 38.4 Å². The Morgan fingerprint density at radius 3 is 2.46 bits per heavy atom. The Bertz CT molecular complexity index is 699. The van der Waals surface area contributed by atoms with E-state index in [1.165, 1.54) is 22.6 Å². The van der Waals surface area contributed by atoms with E-state index in [9.17, 15) is 9.18 Å². The summed E-state index contributed by atoms with van der Waals surface area (Å²) in [5.41, 5.74) is 2.36. The van der Waals surface area contributed by atoms with Gasteiger partial charge in [0.15, 0.2) is 0 Å². The quantitative estimate of drug-likeness (QED) is 0.865. The highest BCUT2D eigenvalue weighted by molar-refractivity contribution is 5.94. The number of ether oxygens (including phenoxy) is 1. The molecule has 1 amide bonds. The summed E-state index contributed by atoms with van der Waals surface area (Å²) >= 11 is 0. The molecular weight excluding hydrogens is 307 g/mol. The van der Waals surface area contributed by atoms with Crippen molar-refractivity contribution in [1.29, 1.82) is 0 Å². The van der Waals surface area contributed by atoms with Gasteiger partial charge in [-0.05, 0) is 17.7 Å². The molecule has 126 valence electrons. The molecule has 0 atom stereocenters. The minimum Gasteiger partial charge on any atom is -0.370 e. The molecule has 0 saturated carbocycles. The molecule has 2 aromatic rings. The maximum absolute atomic E-state index is 13.7. The Labute approximate surface area is 141 Å². The van der Waals surface area contributed by atoms with Crippen LogP contribution >= 0.6 is 0 Å². The number of amides is 1. The van der Waals surface area contributed by atoms with Crippen molar-refractivity contribution in [1.82, 2.24) is 5.32 Å². The average molecular weight is 329 g/mol. The van der Waals surface area contributed by atoms with Gasteiger partial charge in [0.1, 0.15) is 25.5 Å². The third-order valence-corrected chi connectivity index (χ3v) is 4.32. The van der Waals surface area contributed by atoms with Gasteiger partial charge in [-0.2, -0.15) is 0 Å². The molecule has 0 spiro atoms. The lowest BCUT2D eigenvalue weighted by molar-refractivity contribution is -0.921. The maximum atomic E-state index is 13.7. The van der Waals surface area contributed by atoms with Crippen LogP contribution in [0.5, 0.6) is 0 Å². The topological polar surface area (TPSA) is 42.8 Å². The third-order valence-electron chi connectivity index (χ3n) is 4.32. The van der Waals surface area contributed by atoms with Crippen LogP contribution in [-0.2, 0) is 17.8 Å². The maximum Gasteiger partial charge on any atom is 0.254 e. The van der Waals surface area contributed by atoms with Crippen molar-refractivity contribution in [3.05, 3.63) is 71.0 Å². The molecule has 1 fully saturated rings. The lowest BCUT2D eigenvalue weighted by atomic mass is 10.1. The van der Waals surface area contributed by atoms with Crippen LogP contribution in [-0.4, -0.2) is 32.2 Å². The zero-order chi connectivity index (χ0) is 16.8. The van der Waals surface area contributed by atoms with E-state index < -0.39 is 5.82 Å². The third kappa shape index (κ3) is 4.19. The Hall–Kier alpha value is -2.24. The zero-order valence-electron chi connectivity index (χ0n) is 13.6. The summed E-state index contributed by atoms with van der Waals surface area (Å²) in [7, 11) is 0. The van der Waals surface area contributed by atoms with Gasteiger partial charge in [-0.15, -0.1) is 0 Å². The van der Waals surface area contributed by atoms with Crippen molar-refractivity contribution < 1.29 is 18.8 Å². The number of quaternary nitrogens is 1. The van der Waals surface area contributed by atoms with E-state index in [2.05, 4.69) is 11.4 Å². The molecule has 24 heavy (non-hydrogen) atoms. The van der Waals surface area contributed by atoms with Crippen LogP contribution in [0.1, 0.15) is 21.5 Å². The molecular formula is C19H22FN2O2+. The van der Waals surface area contributed by atoms with Crippen LogP contribution in [0.15, 0.2) is 48.5 Å². The molecule has 0 aliphatic carbocycles. The number of hydrogen-bond donors (Lipinski definition) is 2. The SMILES string of the molecule is O=C(NCc1ccccc1C[NH+]1CCOCC1)c1ccccc1F. The fourth-order valence-electron chi connectivity index (χ4n) is 2.92. The molecule has 0 aromatic heterocycles. The second-order valence-electron chi connectivity index (χ2n) is 5.97. The first kappa shape index (κ1) is 16.6. The van der Waals surface area contributed by atoms with Gasteiger partial charge in [0.05, 0.1) is 18.8 Å². The Morgan fingerprint density at radius 1 is 1.04 bits per heavy atom. The number of carbonyl (C=O) groups is 1. The number of morpholine rings is 1. The number of carbonyl (C=O) groups excluding carboxylic acids is 1. The van der Waals surface area contributed by atoms with Crippen molar-refractivity contribution in [3.63, 3.8) is 0 Å². The Balaban J connectivity index is 1.64. The molecule has 1 saturated heterocycles. The van der Waals surface area contributed by atoms with Gasteiger partial charge < -0.3 is 15.0 Å². The van der Waals surface area contributed by atoms with Gasteiger partial charge in [0.2, 0.25) is 0 Å². The normalized spacial score (nSPS) is 15.2. The smallest absolute Gasteiger partial charge is 0.254 e. The van der Waals surface area contributed by atoms with Crippen LogP contribution in [0, 0.1) is 5.82 Å². The number of halogens is 1. The van der Waals surface area contributed by atoms with Crippen LogP contribution < -0.4 is 10.2 Å². The van der Waals surface area contributed by atoms with E-state index >= 15 is 0 Å². The molecule has 5 heteroatoms. The predicted octanol–water partition coefficient (Wildman–Crippen LogP) is 1.17. The number of nitrogens with one attached hydrogen (secondary N) is 2. The standard InChI is InChI=1S/C19H21FN2O2/c20-18-8-4-3-7-17(18)19(23)21-13-15-5-1-2-6-16(15)14-22-9-11-24-12-10-22/h1-8H,9-14H2,(H,21,23)/p+1. The molecule has 1 aliphatic rings. The van der Waals surface area contributed by atoms with Crippen molar-refractivity contribution in [2.45, 2.75) is 13.1 Å². The number of rotatable bonds is 5. The van der Waals surface area contributed by atoms with E-state index in [-0.39, 0.29) is 11.5 Å². The van der Waals surface area contributed by atoms with Crippen molar-refractivity contribution in [2.24, 2.45) is 0 Å². The van der Waals surface area contributed by atoms with Crippen LogP contribution in [0.2, 0.25) is 0 Å². The van der Waals surface area contributed by atoms with Gasteiger partial charge in [0.25, 0.3) is 5.91 Å². The first-order chi connectivity index (χ1) is 11.7. The summed E-state index contributed by atoms with van der Waals surface area (Å²) in [6.07, 6.45) is 0. The lowest BCUT2D eigenvalue weighted by Gasteiger charge is -2.24. The summed E-state index contributed by atoms with van der Waals surface area (Å²) in [5, 5.41) is 2.82. The lowest BCUT2D eigenvalue weighted by Crippen LogP contribution is -3.12. The molecule has 4 nitrogen and oxygen atoms in total. The summed E-state index contributed by atoms with van der Waals surface area (Å²) in [6, 6.07) is 14.1. The average Bonchev–Trinajstić information content (AvgIpc) is 2.62. The number of hydrogen-bond acceptors (Lipinski definition) is 2. The molecule has 2 aromatic carbocycles. The fourth-order valence-corrected chi connectivity index (χ4v) is 2.92. The fraction of sp³-hybridized carbons (Fsp3) is 0.316. The summed E-state index contributed by atoms with van der Waals surface area (Å²) < 4.78 is 19.1. The van der Waals surface area contributed by atoms with Gasteiger partial charge in [-0.1, -0.05) is 36.4 Å². The van der Waals surface area contributed by atoms with Gasteiger partial charge in [-0.25, -0.2) is 4.39 Å². The second kappa shape index (κ2) is 8.04. The summed E-state index contributed by atoms with van der Waals surface area (Å²) in [6.45, 7) is 4.89. The largest absolute Gasteiger partial charge is 0.370 e. The second-order valence-corrected chi connectivity index (χ2v) is 5.97. The highest BCUT2D eigenvalue weighted by Crippen LogP contribution is 2.10. The Morgan fingerprint density at radius 2 is 1.71 bits per heavy atom. The Kier molecular flexibility index (Phi) is 5.56. The monoisotopic (exact) mass is 329 g/mol. The van der Waals surface area contributed by atoms with E-state index in [1.807, 2.05) is 18.2 Å². The summed E-state index contributed by atoms with van der Waals surface area (Å²) in [5.74, 6) is -0.886. The van der Waals surface area contributed by atoms with Crippen LogP contribution in [0.3, 0.4) is 0 Å². The van der Waals surface area contributed by atoms with E-state index in [0.29, 0.717) is 6.54 Å². The highest BCUT2D eigenvalue weighted by Gasteiger charge is 2.16. The number of benzene rings is 2. The minimum absolute atomic E-state index is 0.0776. The molecule has 1 aliphatic heterocycles. The molecule has 0 radical (unpaired) electrons. The van der Waals surface area contributed by atoms with Crippen molar-refractivity contribution in [2.75, 3.05) is 26.3 Å². The predicted molar refractivity (Wildman–Crippen MR) is 89.2 cm³/mol. The first-order valence-corrected chi connectivity index (χ1v) is 8.25. The molecule has 0 unspecified atom stereocenters. The molecule has 0 bridgehead atoms. The van der Waals surface area contributed by atoms with Gasteiger partial charge >= 0.3 is 0 Å². The molecule has 3 rings (SSSR count). The minimum atomic E-state index is -0.499. The highest BCUT2D eigenvalue weighted by atomic mass is 19.1. The first-order valence-electron chi connectivity index (χ1n) is 8.25. The molecule has 2 N–H and O–H groups in total. The van der Waals surface area contributed by atoms with Crippen LogP contribution in [0.4, 0.5) is 4.39 Å².